The van der Waals surface area contributed by atoms with Crippen LogP contribution in [0.4, 0.5) is 5.95 Å². The lowest BCUT2D eigenvalue weighted by Crippen LogP contribution is -2.62. The van der Waals surface area contributed by atoms with Crippen LogP contribution in [0.3, 0.4) is 0 Å². The first kappa shape index (κ1) is 26.4. The summed E-state index contributed by atoms with van der Waals surface area (Å²) in [5.41, 5.74) is -0.437. The second-order valence-corrected chi connectivity index (χ2v) is 12.8. The van der Waals surface area contributed by atoms with Crippen LogP contribution in [0.1, 0.15) is 32.8 Å². The van der Waals surface area contributed by atoms with Gasteiger partial charge in [-0.05, 0) is 38.6 Å². The van der Waals surface area contributed by atoms with Crippen LogP contribution < -0.4 is 4.90 Å². The van der Waals surface area contributed by atoms with Gasteiger partial charge in [0.2, 0.25) is 5.95 Å². The van der Waals surface area contributed by atoms with Gasteiger partial charge >= 0.3 is 0 Å². The largest absolute Gasteiger partial charge is 0.396 e. The second kappa shape index (κ2) is 10.8. The van der Waals surface area contributed by atoms with Gasteiger partial charge in [-0.1, -0.05) is 6.07 Å². The van der Waals surface area contributed by atoms with Crippen LogP contribution in [0.5, 0.6) is 0 Å². The van der Waals surface area contributed by atoms with Crippen molar-refractivity contribution in [2.45, 2.75) is 55.1 Å². The van der Waals surface area contributed by atoms with Gasteiger partial charge in [0, 0.05) is 62.8 Å². The minimum Gasteiger partial charge on any atom is -0.396 e. The van der Waals surface area contributed by atoms with Crippen molar-refractivity contribution in [3.8, 4) is 0 Å². The summed E-state index contributed by atoms with van der Waals surface area (Å²) in [6.45, 7) is 8.29. The number of hydrogen-bond donors (Lipinski definition) is 2. The molecule has 2 fully saturated rings. The van der Waals surface area contributed by atoms with Crippen LogP contribution in [-0.4, -0.2) is 102 Å². The summed E-state index contributed by atoms with van der Waals surface area (Å²) in [6, 6.07) is 3.37. The smallest absolute Gasteiger partial charge is 0.252 e. The lowest BCUT2D eigenvalue weighted by molar-refractivity contribution is -0.0531. The quantitative estimate of drug-likeness (QED) is 0.522. The molecule has 0 radical (unpaired) electrons. The standard InChI is InChI=1S/C23H35N5O5S2/c1-17-15-33-16-19(6-9-29)28(17)14-20-13-26(35(31,32)21-5-4-10-34-21)7-8-27(20)22-24-11-18(12-25-22)23(2,3)30/h4-5,10-12,17,19-20,29-30H,6-9,13-16H2,1-3H3/t17-,19+,20-/m1/s1. The first-order valence-electron chi connectivity index (χ1n) is 11.9. The molecule has 0 spiro atoms. The van der Waals surface area contributed by atoms with Gasteiger partial charge in [-0.15, -0.1) is 11.3 Å². The molecule has 0 bridgehead atoms. The van der Waals surface area contributed by atoms with E-state index < -0.39 is 15.6 Å². The molecular formula is C23H35N5O5S2. The molecule has 2 aromatic heterocycles. The zero-order chi connectivity index (χ0) is 25.2. The molecule has 2 aromatic rings. The fourth-order valence-electron chi connectivity index (χ4n) is 4.68. The monoisotopic (exact) mass is 525 g/mol. The highest BCUT2D eigenvalue weighted by Gasteiger charge is 2.39. The van der Waals surface area contributed by atoms with Gasteiger partial charge in [-0.3, -0.25) is 4.90 Å². The van der Waals surface area contributed by atoms with E-state index in [0.29, 0.717) is 61.5 Å². The van der Waals surface area contributed by atoms with Gasteiger partial charge in [0.15, 0.2) is 0 Å². The zero-order valence-corrected chi connectivity index (χ0v) is 22.1. The Hall–Kier alpha value is -1.67. The SMILES string of the molecule is C[C@@H]1COC[C@H](CCO)N1C[C@H]1CN(S(=O)(=O)c2cccs2)CCN1c1ncc(C(C)(C)O)cn1. The Kier molecular flexibility index (Phi) is 8.11. The highest BCUT2D eigenvalue weighted by molar-refractivity contribution is 7.91. The van der Waals surface area contributed by atoms with Crippen LogP contribution in [0.15, 0.2) is 34.1 Å². The number of anilines is 1. The molecule has 2 saturated heterocycles. The lowest BCUT2D eigenvalue weighted by atomic mass is 10.0. The zero-order valence-electron chi connectivity index (χ0n) is 20.4. The number of aliphatic hydroxyl groups is 2. The Morgan fingerprint density at radius 1 is 1.20 bits per heavy atom. The van der Waals surface area contributed by atoms with E-state index in [1.54, 1.807) is 48.1 Å². The predicted molar refractivity (Wildman–Crippen MR) is 134 cm³/mol. The summed E-state index contributed by atoms with van der Waals surface area (Å²) in [7, 11) is -3.59. The first-order chi connectivity index (χ1) is 16.6. The van der Waals surface area contributed by atoms with Crippen molar-refractivity contribution in [2.75, 3.05) is 50.9 Å². The molecule has 3 atom stereocenters. The summed E-state index contributed by atoms with van der Waals surface area (Å²) in [6.07, 6.45) is 3.84. The van der Waals surface area contributed by atoms with E-state index in [0.717, 1.165) is 0 Å². The average Bonchev–Trinajstić information content (AvgIpc) is 3.37. The molecule has 0 aromatic carbocycles. The minimum absolute atomic E-state index is 0.0494. The van der Waals surface area contributed by atoms with Gasteiger partial charge in [-0.25, -0.2) is 18.4 Å². The van der Waals surface area contributed by atoms with Gasteiger partial charge in [-0.2, -0.15) is 4.31 Å². The number of aromatic nitrogens is 2. The molecule has 0 aliphatic carbocycles. The van der Waals surface area contributed by atoms with Gasteiger partial charge in [0.25, 0.3) is 10.0 Å². The van der Waals surface area contributed by atoms with E-state index in [1.807, 2.05) is 0 Å². The number of piperazine rings is 1. The van der Waals surface area contributed by atoms with Crippen LogP contribution in [0.2, 0.25) is 0 Å². The fraction of sp³-hybridized carbons (Fsp3) is 0.652. The average molecular weight is 526 g/mol. The predicted octanol–water partition coefficient (Wildman–Crippen LogP) is 1.12. The summed E-state index contributed by atoms with van der Waals surface area (Å²) in [5, 5.41) is 21.6. The maximum absolute atomic E-state index is 13.3. The van der Waals surface area contributed by atoms with Crippen molar-refractivity contribution in [3.63, 3.8) is 0 Å². The van der Waals surface area contributed by atoms with E-state index in [1.165, 1.54) is 11.3 Å². The second-order valence-electron chi connectivity index (χ2n) is 9.72. The molecular weight excluding hydrogens is 490 g/mol. The third kappa shape index (κ3) is 5.85. The number of morpholine rings is 1. The molecule has 0 amide bonds. The normalized spacial score (nSPS) is 25.2. The molecule has 10 nitrogen and oxygen atoms in total. The topological polar surface area (TPSA) is 119 Å². The highest BCUT2D eigenvalue weighted by Crippen LogP contribution is 2.28. The van der Waals surface area contributed by atoms with Crippen LogP contribution in [0.25, 0.3) is 0 Å². The van der Waals surface area contributed by atoms with E-state index >= 15 is 0 Å². The van der Waals surface area contributed by atoms with Crippen LogP contribution in [0, 0.1) is 0 Å². The van der Waals surface area contributed by atoms with Crippen molar-refractivity contribution >= 4 is 27.3 Å². The summed E-state index contributed by atoms with van der Waals surface area (Å²) < 4.78 is 34.2. The summed E-state index contributed by atoms with van der Waals surface area (Å²) in [5.74, 6) is 0.510. The molecule has 12 heteroatoms. The Labute approximate surface area is 211 Å². The number of ether oxygens (including phenoxy) is 1. The van der Waals surface area contributed by atoms with E-state index in [4.69, 9.17) is 4.74 Å². The van der Waals surface area contributed by atoms with Crippen molar-refractivity contribution in [1.82, 2.24) is 19.2 Å². The van der Waals surface area contributed by atoms with E-state index in [9.17, 15) is 18.6 Å². The number of rotatable bonds is 8. The molecule has 2 aliphatic heterocycles. The third-order valence-electron chi connectivity index (χ3n) is 6.72. The first-order valence-corrected chi connectivity index (χ1v) is 14.2. The molecule has 35 heavy (non-hydrogen) atoms. The summed E-state index contributed by atoms with van der Waals surface area (Å²) >= 11 is 1.22. The van der Waals surface area contributed by atoms with Gasteiger partial charge in [0.1, 0.15) is 4.21 Å². The number of aliphatic hydroxyl groups excluding tert-OH is 1. The van der Waals surface area contributed by atoms with Crippen molar-refractivity contribution < 1.29 is 23.4 Å². The molecule has 0 unspecified atom stereocenters. The Balaban J connectivity index is 1.62. The molecule has 2 N–H and O–H groups in total. The fourth-order valence-corrected chi connectivity index (χ4v) is 7.30. The number of hydrogen-bond acceptors (Lipinski definition) is 10. The van der Waals surface area contributed by atoms with E-state index in [2.05, 4.69) is 26.7 Å². The Morgan fingerprint density at radius 3 is 2.57 bits per heavy atom. The third-order valence-corrected chi connectivity index (χ3v) is 9.96. The molecule has 4 heterocycles. The molecule has 4 rings (SSSR count). The number of sulfonamides is 1. The lowest BCUT2D eigenvalue weighted by Gasteiger charge is -2.47. The van der Waals surface area contributed by atoms with Crippen LogP contribution >= 0.6 is 11.3 Å². The molecule has 194 valence electrons. The maximum Gasteiger partial charge on any atom is 0.252 e. The van der Waals surface area contributed by atoms with Crippen LogP contribution in [-0.2, 0) is 20.4 Å². The van der Waals surface area contributed by atoms with Crippen molar-refractivity contribution in [3.05, 3.63) is 35.5 Å². The number of nitrogens with zero attached hydrogens (tertiary/aromatic N) is 5. The van der Waals surface area contributed by atoms with E-state index in [-0.39, 0.29) is 24.7 Å². The minimum atomic E-state index is -3.59. The molecule has 0 saturated carbocycles. The summed E-state index contributed by atoms with van der Waals surface area (Å²) in [4.78, 5) is 13.4. The van der Waals surface area contributed by atoms with Crippen molar-refractivity contribution in [2.24, 2.45) is 0 Å². The van der Waals surface area contributed by atoms with Crippen molar-refractivity contribution in [1.29, 1.82) is 0 Å². The maximum atomic E-state index is 13.3. The Bertz CT molecular complexity index is 1060. The number of thiophene rings is 1. The highest BCUT2D eigenvalue weighted by atomic mass is 32.2. The van der Waals surface area contributed by atoms with Gasteiger partial charge < -0.3 is 19.8 Å². The Morgan fingerprint density at radius 2 is 1.94 bits per heavy atom. The molecule has 2 aliphatic rings. The van der Waals surface area contributed by atoms with Gasteiger partial charge in [0.05, 0.1) is 24.9 Å².